The zero-order chi connectivity index (χ0) is 15.2. The maximum Gasteiger partial charge on any atom is 0.253 e. The quantitative estimate of drug-likeness (QED) is 0.755. The van der Waals surface area contributed by atoms with Gasteiger partial charge in [0.1, 0.15) is 0 Å². The molecule has 0 aromatic heterocycles. The number of halogens is 1. The van der Waals surface area contributed by atoms with Gasteiger partial charge in [-0.2, -0.15) is 0 Å². The van der Waals surface area contributed by atoms with Crippen LogP contribution in [0.15, 0.2) is 24.3 Å². The smallest absolute Gasteiger partial charge is 0.253 e. The molecule has 1 heterocycles. The molecule has 21 heavy (non-hydrogen) atoms. The molecule has 1 aliphatic rings. The number of carbonyl (C=O) groups is 3. The first kappa shape index (κ1) is 15.3. The van der Waals surface area contributed by atoms with Gasteiger partial charge in [0.15, 0.2) is 0 Å². The van der Waals surface area contributed by atoms with Crippen molar-refractivity contribution in [3.05, 3.63) is 34.9 Å². The minimum absolute atomic E-state index is 0.00692. The van der Waals surface area contributed by atoms with Crippen LogP contribution in [0.2, 0.25) is 5.02 Å². The first-order chi connectivity index (χ1) is 10.1. The van der Waals surface area contributed by atoms with Gasteiger partial charge in [0.05, 0.1) is 17.1 Å². The van der Waals surface area contributed by atoms with Gasteiger partial charge in [-0.05, 0) is 18.6 Å². The van der Waals surface area contributed by atoms with Gasteiger partial charge in [-0.1, -0.05) is 23.7 Å². The van der Waals surface area contributed by atoms with Gasteiger partial charge in [0, 0.05) is 19.0 Å². The van der Waals surface area contributed by atoms with E-state index in [1.165, 1.54) is 0 Å². The van der Waals surface area contributed by atoms with Gasteiger partial charge < -0.3 is 16.0 Å². The predicted octanol–water partition coefficient (Wildman–Crippen LogP) is 0.465. The number of rotatable bonds is 4. The molecule has 3 N–H and O–H groups in total. The molecule has 0 spiro atoms. The second-order valence-electron chi connectivity index (χ2n) is 4.77. The van der Waals surface area contributed by atoms with E-state index in [1.54, 1.807) is 24.3 Å². The van der Waals surface area contributed by atoms with E-state index in [9.17, 15) is 14.4 Å². The molecule has 2 rings (SSSR count). The van der Waals surface area contributed by atoms with Crippen LogP contribution in [0.4, 0.5) is 0 Å². The van der Waals surface area contributed by atoms with Crippen molar-refractivity contribution < 1.29 is 14.4 Å². The summed E-state index contributed by atoms with van der Waals surface area (Å²) in [5.74, 6) is -0.697. The summed E-state index contributed by atoms with van der Waals surface area (Å²) in [7, 11) is 0. The number of hydrogen-bond donors (Lipinski definition) is 3. The van der Waals surface area contributed by atoms with E-state index in [2.05, 4.69) is 16.0 Å². The summed E-state index contributed by atoms with van der Waals surface area (Å²) >= 11 is 5.90. The van der Waals surface area contributed by atoms with Crippen LogP contribution < -0.4 is 16.0 Å². The molecule has 0 saturated carbocycles. The Morgan fingerprint density at radius 3 is 2.76 bits per heavy atom. The summed E-state index contributed by atoms with van der Waals surface area (Å²) in [5, 5.41) is 8.29. The molecule has 1 unspecified atom stereocenters. The lowest BCUT2D eigenvalue weighted by molar-refractivity contribution is -0.125. The fourth-order valence-electron chi connectivity index (χ4n) is 2.04. The highest BCUT2D eigenvalue weighted by atomic mass is 35.5. The molecule has 0 bridgehead atoms. The molecule has 1 aromatic rings. The Bertz CT molecular complexity index is 552. The molecule has 6 nitrogen and oxygen atoms in total. The highest BCUT2D eigenvalue weighted by Gasteiger charge is 2.19. The fraction of sp³-hybridized carbons (Fsp3) is 0.357. The molecular formula is C14H16ClN3O3. The average molecular weight is 310 g/mol. The number of benzene rings is 1. The van der Waals surface area contributed by atoms with Crippen molar-refractivity contribution in [1.82, 2.24) is 16.0 Å². The van der Waals surface area contributed by atoms with Crippen molar-refractivity contribution >= 4 is 29.3 Å². The number of piperidine rings is 1. The van der Waals surface area contributed by atoms with Crippen molar-refractivity contribution in [1.29, 1.82) is 0 Å². The van der Waals surface area contributed by atoms with Crippen LogP contribution >= 0.6 is 11.6 Å². The van der Waals surface area contributed by atoms with Gasteiger partial charge in [-0.3, -0.25) is 14.4 Å². The lowest BCUT2D eigenvalue weighted by Gasteiger charge is -2.23. The molecule has 0 aliphatic carbocycles. The lowest BCUT2D eigenvalue weighted by atomic mass is 10.1. The molecule has 3 amide bonds. The third kappa shape index (κ3) is 4.46. The van der Waals surface area contributed by atoms with Crippen molar-refractivity contribution in [3.63, 3.8) is 0 Å². The van der Waals surface area contributed by atoms with E-state index in [1.807, 2.05) is 0 Å². The summed E-state index contributed by atoms with van der Waals surface area (Å²) in [6.07, 6.45) is 1.01. The van der Waals surface area contributed by atoms with Gasteiger partial charge in [-0.15, -0.1) is 0 Å². The normalized spacial score (nSPS) is 17.8. The molecule has 1 aliphatic heterocycles. The van der Waals surface area contributed by atoms with Crippen LogP contribution in [-0.4, -0.2) is 36.9 Å². The summed E-state index contributed by atoms with van der Waals surface area (Å²) in [6, 6.07) is 6.54. The Balaban J connectivity index is 1.77. The van der Waals surface area contributed by atoms with Crippen molar-refractivity contribution in [2.24, 2.45) is 0 Å². The first-order valence-corrected chi connectivity index (χ1v) is 7.03. The van der Waals surface area contributed by atoms with Crippen LogP contribution in [0, 0.1) is 0 Å². The Hall–Kier alpha value is -2.08. The summed E-state index contributed by atoms with van der Waals surface area (Å²) < 4.78 is 0. The van der Waals surface area contributed by atoms with E-state index in [4.69, 9.17) is 11.6 Å². The maximum atomic E-state index is 11.9. The van der Waals surface area contributed by atoms with Crippen molar-refractivity contribution in [2.75, 3.05) is 13.1 Å². The predicted molar refractivity (Wildman–Crippen MR) is 78.0 cm³/mol. The molecule has 1 fully saturated rings. The lowest BCUT2D eigenvalue weighted by Crippen LogP contribution is -2.50. The topological polar surface area (TPSA) is 87.3 Å². The molecule has 7 heteroatoms. The third-order valence-electron chi connectivity index (χ3n) is 3.16. The second-order valence-corrected chi connectivity index (χ2v) is 5.18. The average Bonchev–Trinajstić information content (AvgIpc) is 2.48. The van der Waals surface area contributed by atoms with Crippen LogP contribution in [0.3, 0.4) is 0 Å². The van der Waals surface area contributed by atoms with Crippen LogP contribution in [-0.2, 0) is 9.59 Å². The standard InChI is InChI=1S/C14H16ClN3O3/c15-11-4-2-1-3-10(11)14(21)17-8-13(20)18-9-5-6-12(19)16-7-9/h1-4,9H,5-8H2,(H,16,19)(H,17,21)(H,18,20). The minimum Gasteiger partial charge on any atom is -0.354 e. The molecular weight excluding hydrogens is 294 g/mol. The van der Waals surface area contributed by atoms with Gasteiger partial charge in [0.2, 0.25) is 11.8 Å². The largest absolute Gasteiger partial charge is 0.354 e. The summed E-state index contributed by atoms with van der Waals surface area (Å²) in [4.78, 5) is 34.6. The molecule has 1 atom stereocenters. The van der Waals surface area contributed by atoms with E-state index in [0.29, 0.717) is 30.0 Å². The monoisotopic (exact) mass is 309 g/mol. The maximum absolute atomic E-state index is 11.9. The molecule has 1 saturated heterocycles. The Morgan fingerprint density at radius 2 is 2.10 bits per heavy atom. The molecule has 0 radical (unpaired) electrons. The fourth-order valence-corrected chi connectivity index (χ4v) is 2.26. The first-order valence-electron chi connectivity index (χ1n) is 6.65. The Morgan fingerprint density at radius 1 is 1.33 bits per heavy atom. The van der Waals surface area contributed by atoms with Gasteiger partial charge in [-0.25, -0.2) is 0 Å². The van der Waals surface area contributed by atoms with Crippen molar-refractivity contribution in [3.8, 4) is 0 Å². The summed E-state index contributed by atoms with van der Waals surface area (Å²) in [6.45, 7) is 0.289. The van der Waals surface area contributed by atoms with Gasteiger partial charge in [0.25, 0.3) is 5.91 Å². The highest BCUT2D eigenvalue weighted by molar-refractivity contribution is 6.33. The van der Waals surface area contributed by atoms with Crippen LogP contribution in [0.25, 0.3) is 0 Å². The minimum atomic E-state index is -0.396. The van der Waals surface area contributed by atoms with Gasteiger partial charge >= 0.3 is 0 Å². The summed E-state index contributed by atoms with van der Waals surface area (Å²) in [5.41, 5.74) is 0.330. The van der Waals surface area contributed by atoms with Crippen LogP contribution in [0.5, 0.6) is 0 Å². The molecule has 112 valence electrons. The van der Waals surface area contributed by atoms with E-state index in [-0.39, 0.29) is 24.4 Å². The second kappa shape index (κ2) is 7.08. The van der Waals surface area contributed by atoms with E-state index >= 15 is 0 Å². The zero-order valence-corrected chi connectivity index (χ0v) is 12.1. The SMILES string of the molecule is O=C1CCC(NC(=O)CNC(=O)c2ccccc2Cl)CN1. The Labute approximate surface area is 127 Å². The number of amides is 3. The zero-order valence-electron chi connectivity index (χ0n) is 11.3. The third-order valence-corrected chi connectivity index (χ3v) is 3.49. The molecule has 1 aromatic carbocycles. The van der Waals surface area contributed by atoms with Crippen molar-refractivity contribution in [2.45, 2.75) is 18.9 Å². The number of hydrogen-bond acceptors (Lipinski definition) is 3. The number of carbonyl (C=O) groups excluding carboxylic acids is 3. The Kier molecular flexibility index (Phi) is 5.16. The van der Waals surface area contributed by atoms with Crippen LogP contribution in [0.1, 0.15) is 23.2 Å². The highest BCUT2D eigenvalue weighted by Crippen LogP contribution is 2.14. The number of nitrogens with one attached hydrogen (secondary N) is 3. The van der Waals surface area contributed by atoms with E-state index in [0.717, 1.165) is 0 Å². The van der Waals surface area contributed by atoms with E-state index < -0.39 is 5.91 Å².